The van der Waals surface area contributed by atoms with Gasteiger partial charge in [0, 0.05) is 11.8 Å². The minimum atomic E-state index is -0.820. The Labute approximate surface area is 95.7 Å². The normalized spacial score (nSPS) is 28.4. The highest BCUT2D eigenvalue weighted by Gasteiger charge is 2.36. The summed E-state index contributed by atoms with van der Waals surface area (Å²) in [4.78, 5) is 22.9. The number of hydrogen-bond donors (Lipinski definition) is 2. The Morgan fingerprint density at radius 3 is 2.33 bits per heavy atom. The molecule has 0 saturated heterocycles. The van der Waals surface area contributed by atoms with Crippen molar-refractivity contribution in [1.82, 2.24) is 0 Å². The van der Waals surface area contributed by atoms with Gasteiger partial charge in [0.1, 0.15) is 5.78 Å². The Bertz CT molecular complexity index is 252. The van der Waals surface area contributed by atoms with Crippen molar-refractivity contribution >= 4 is 24.4 Å². The van der Waals surface area contributed by atoms with Crippen molar-refractivity contribution in [3.8, 4) is 0 Å². The first-order valence-corrected chi connectivity index (χ1v) is 6.08. The molecule has 0 aliphatic heterocycles. The van der Waals surface area contributed by atoms with Gasteiger partial charge in [-0.3, -0.25) is 9.59 Å². The van der Waals surface area contributed by atoms with Crippen LogP contribution in [0.3, 0.4) is 0 Å². The van der Waals surface area contributed by atoms with Crippen molar-refractivity contribution in [2.45, 2.75) is 32.6 Å². The molecule has 1 N–H and O–H groups in total. The first kappa shape index (κ1) is 12.6. The minimum Gasteiger partial charge on any atom is -0.481 e. The first-order valence-electron chi connectivity index (χ1n) is 5.45. The van der Waals surface area contributed by atoms with Crippen LogP contribution in [-0.2, 0) is 9.59 Å². The van der Waals surface area contributed by atoms with Crippen LogP contribution in [-0.4, -0.2) is 22.6 Å². The molecule has 0 aromatic heterocycles. The van der Waals surface area contributed by atoms with Gasteiger partial charge < -0.3 is 5.11 Å². The molecular formula is C11H18O3S. The van der Waals surface area contributed by atoms with Crippen LogP contribution in [0.4, 0.5) is 0 Å². The van der Waals surface area contributed by atoms with Gasteiger partial charge >= 0.3 is 5.97 Å². The van der Waals surface area contributed by atoms with Gasteiger partial charge in [-0.05, 0) is 18.6 Å². The molecule has 1 rings (SSSR count). The third-order valence-corrected chi connectivity index (χ3v) is 3.76. The van der Waals surface area contributed by atoms with Gasteiger partial charge in [-0.1, -0.05) is 19.8 Å². The lowest BCUT2D eigenvalue weighted by molar-refractivity contribution is -0.149. The predicted octanol–water partition coefficient (Wildman–Crippen LogP) is 2.01. The van der Waals surface area contributed by atoms with Crippen LogP contribution >= 0.6 is 12.6 Å². The molecule has 1 aliphatic carbocycles. The summed E-state index contributed by atoms with van der Waals surface area (Å²) in [7, 11) is 0. The van der Waals surface area contributed by atoms with E-state index in [1.165, 1.54) is 0 Å². The number of thiol groups is 1. The van der Waals surface area contributed by atoms with Crippen LogP contribution in [0.5, 0.6) is 0 Å². The highest BCUT2D eigenvalue weighted by atomic mass is 32.1. The zero-order valence-electron chi connectivity index (χ0n) is 8.98. The number of carboxylic acids is 1. The van der Waals surface area contributed by atoms with Crippen molar-refractivity contribution in [3.63, 3.8) is 0 Å². The SMILES string of the molecule is C[C@H](CS)C(=O)[C@@H]1CCCC[C@H]1C(=O)O. The topological polar surface area (TPSA) is 54.4 Å². The Balaban J connectivity index is 2.71. The molecule has 0 spiro atoms. The van der Waals surface area contributed by atoms with E-state index < -0.39 is 11.9 Å². The van der Waals surface area contributed by atoms with Crippen molar-refractivity contribution < 1.29 is 14.7 Å². The summed E-state index contributed by atoms with van der Waals surface area (Å²) >= 11 is 4.09. The van der Waals surface area contributed by atoms with Crippen LogP contribution in [0.15, 0.2) is 0 Å². The largest absolute Gasteiger partial charge is 0.481 e. The van der Waals surface area contributed by atoms with E-state index in [9.17, 15) is 9.59 Å². The van der Waals surface area contributed by atoms with Crippen molar-refractivity contribution in [1.29, 1.82) is 0 Å². The maximum Gasteiger partial charge on any atom is 0.307 e. The molecule has 3 atom stereocenters. The smallest absolute Gasteiger partial charge is 0.307 e. The molecule has 1 saturated carbocycles. The highest BCUT2D eigenvalue weighted by molar-refractivity contribution is 7.80. The van der Waals surface area contributed by atoms with Crippen LogP contribution in [0.2, 0.25) is 0 Å². The maximum atomic E-state index is 11.9. The molecule has 86 valence electrons. The molecule has 0 bridgehead atoms. The molecule has 4 heteroatoms. The van der Waals surface area contributed by atoms with Gasteiger partial charge in [-0.15, -0.1) is 0 Å². The predicted molar refractivity (Wildman–Crippen MR) is 61.1 cm³/mol. The van der Waals surface area contributed by atoms with E-state index >= 15 is 0 Å². The summed E-state index contributed by atoms with van der Waals surface area (Å²) in [5.74, 6) is -1.11. The fraction of sp³-hybridized carbons (Fsp3) is 0.818. The molecule has 1 fully saturated rings. The Morgan fingerprint density at radius 2 is 1.87 bits per heavy atom. The van der Waals surface area contributed by atoms with Gasteiger partial charge in [0.05, 0.1) is 5.92 Å². The Morgan fingerprint density at radius 1 is 1.33 bits per heavy atom. The van der Waals surface area contributed by atoms with Crippen molar-refractivity contribution in [2.75, 3.05) is 5.75 Å². The fourth-order valence-electron chi connectivity index (χ4n) is 2.22. The molecule has 3 nitrogen and oxygen atoms in total. The summed E-state index contributed by atoms with van der Waals surface area (Å²) in [6.07, 6.45) is 3.27. The monoisotopic (exact) mass is 230 g/mol. The summed E-state index contributed by atoms with van der Waals surface area (Å²) < 4.78 is 0. The molecular weight excluding hydrogens is 212 g/mol. The fourth-order valence-corrected chi connectivity index (χ4v) is 2.40. The molecule has 0 amide bonds. The third-order valence-electron chi connectivity index (χ3n) is 3.21. The number of aliphatic carboxylic acids is 1. The summed E-state index contributed by atoms with van der Waals surface area (Å²) in [5, 5.41) is 9.04. The van der Waals surface area contributed by atoms with Crippen LogP contribution < -0.4 is 0 Å². The molecule has 0 aromatic carbocycles. The van der Waals surface area contributed by atoms with E-state index in [0.717, 1.165) is 19.3 Å². The number of hydrogen-bond acceptors (Lipinski definition) is 3. The van der Waals surface area contributed by atoms with Gasteiger partial charge in [0.25, 0.3) is 0 Å². The maximum absolute atomic E-state index is 11.9. The van der Waals surface area contributed by atoms with E-state index in [2.05, 4.69) is 12.6 Å². The molecule has 0 unspecified atom stereocenters. The number of ketones is 1. The second kappa shape index (κ2) is 5.54. The Hall–Kier alpha value is -0.510. The zero-order chi connectivity index (χ0) is 11.4. The average molecular weight is 230 g/mol. The highest BCUT2D eigenvalue weighted by Crippen LogP contribution is 2.32. The van der Waals surface area contributed by atoms with Crippen molar-refractivity contribution in [3.05, 3.63) is 0 Å². The number of carbonyl (C=O) groups is 2. The molecule has 15 heavy (non-hydrogen) atoms. The van der Waals surface area contributed by atoms with E-state index in [4.69, 9.17) is 5.11 Å². The van der Waals surface area contributed by atoms with Gasteiger partial charge in [0.2, 0.25) is 0 Å². The molecule has 0 radical (unpaired) electrons. The standard InChI is InChI=1S/C11H18O3S/c1-7(6-15)10(12)8-4-2-3-5-9(8)11(13)14/h7-9,15H,2-6H2,1H3,(H,13,14)/t7-,8-,9-/m1/s1. The average Bonchev–Trinajstić information content (AvgIpc) is 2.27. The third kappa shape index (κ3) is 2.97. The van der Waals surface area contributed by atoms with Gasteiger partial charge in [0.15, 0.2) is 0 Å². The van der Waals surface area contributed by atoms with Gasteiger partial charge in [-0.25, -0.2) is 0 Å². The lowest BCUT2D eigenvalue weighted by Gasteiger charge is -2.28. The van der Waals surface area contributed by atoms with E-state index in [-0.39, 0.29) is 17.6 Å². The molecule has 0 heterocycles. The lowest BCUT2D eigenvalue weighted by Crippen LogP contribution is -2.35. The lowest BCUT2D eigenvalue weighted by atomic mass is 9.74. The van der Waals surface area contributed by atoms with Crippen molar-refractivity contribution in [2.24, 2.45) is 17.8 Å². The van der Waals surface area contributed by atoms with E-state index in [1.807, 2.05) is 6.92 Å². The number of rotatable bonds is 4. The second-order valence-corrected chi connectivity index (χ2v) is 4.69. The van der Waals surface area contributed by atoms with E-state index in [1.54, 1.807) is 0 Å². The molecule has 0 aromatic rings. The molecule has 1 aliphatic rings. The first-order chi connectivity index (χ1) is 7.07. The van der Waals surface area contributed by atoms with E-state index in [0.29, 0.717) is 12.2 Å². The minimum absolute atomic E-state index is 0.0806. The quantitative estimate of drug-likeness (QED) is 0.726. The summed E-state index contributed by atoms with van der Waals surface area (Å²) in [6.45, 7) is 1.82. The van der Waals surface area contributed by atoms with Crippen LogP contribution in [0.1, 0.15) is 32.6 Å². The second-order valence-electron chi connectivity index (χ2n) is 4.32. The van der Waals surface area contributed by atoms with Crippen LogP contribution in [0, 0.1) is 17.8 Å². The van der Waals surface area contributed by atoms with Crippen LogP contribution in [0.25, 0.3) is 0 Å². The zero-order valence-corrected chi connectivity index (χ0v) is 9.87. The Kier molecular flexibility index (Phi) is 4.64. The number of Topliss-reactive ketones (excluding diaryl/α,β-unsaturated/α-hetero) is 1. The number of carboxylic acid groups (broad SMARTS) is 1. The van der Waals surface area contributed by atoms with Gasteiger partial charge in [-0.2, -0.15) is 12.6 Å². The summed E-state index contributed by atoms with van der Waals surface area (Å²) in [6, 6.07) is 0. The summed E-state index contributed by atoms with van der Waals surface area (Å²) in [5.41, 5.74) is 0. The number of carbonyl (C=O) groups excluding carboxylic acids is 1.